The van der Waals surface area contributed by atoms with Crippen LogP contribution in [0.4, 0.5) is 11.4 Å². The first kappa shape index (κ1) is 18.7. The van der Waals surface area contributed by atoms with E-state index in [9.17, 15) is 19.5 Å². The maximum absolute atomic E-state index is 13.0. The molecule has 8 heteroatoms. The molecule has 1 unspecified atom stereocenters. The van der Waals surface area contributed by atoms with Gasteiger partial charge in [-0.3, -0.25) is 19.3 Å². The summed E-state index contributed by atoms with van der Waals surface area (Å²) in [5, 5.41) is 15.0. The lowest BCUT2D eigenvalue weighted by Gasteiger charge is -2.25. The Kier molecular flexibility index (Phi) is 4.77. The van der Waals surface area contributed by atoms with Crippen LogP contribution in [0, 0.1) is 0 Å². The van der Waals surface area contributed by atoms with E-state index in [4.69, 9.17) is 4.42 Å². The van der Waals surface area contributed by atoms with Gasteiger partial charge in [-0.2, -0.15) is 0 Å². The largest absolute Gasteiger partial charge is 0.503 e. The number of rotatable bonds is 5. The van der Waals surface area contributed by atoms with Gasteiger partial charge >= 0.3 is 0 Å². The SMILES string of the molecule is CC(=O)Nc1ccc(N2C(=O)C(O)=C(C(=O)c3cccs3)C2c2ccco2)cc1. The number of nitrogens with zero attached hydrogens (tertiary/aromatic N) is 1. The van der Waals surface area contributed by atoms with Crippen LogP contribution >= 0.6 is 11.3 Å². The summed E-state index contributed by atoms with van der Waals surface area (Å²) >= 11 is 1.23. The van der Waals surface area contributed by atoms with Gasteiger partial charge in [0.2, 0.25) is 11.7 Å². The van der Waals surface area contributed by atoms with Crippen LogP contribution in [-0.2, 0) is 9.59 Å². The molecular weight excluding hydrogens is 392 g/mol. The highest BCUT2D eigenvalue weighted by molar-refractivity contribution is 7.12. The second-order valence-electron chi connectivity index (χ2n) is 6.39. The average Bonchev–Trinajstić information content (AvgIpc) is 3.44. The van der Waals surface area contributed by atoms with Gasteiger partial charge in [-0.15, -0.1) is 11.3 Å². The van der Waals surface area contributed by atoms with E-state index >= 15 is 0 Å². The Morgan fingerprint density at radius 1 is 1.14 bits per heavy atom. The standard InChI is InChI=1S/C21H16N2O5S/c1-12(24)22-13-6-8-14(9-7-13)23-18(15-4-2-10-28-15)17(20(26)21(23)27)19(25)16-5-3-11-29-16/h2-11,18,26H,1H3,(H,22,24). The van der Waals surface area contributed by atoms with Crippen molar-refractivity contribution >= 4 is 40.3 Å². The van der Waals surface area contributed by atoms with Crippen molar-refractivity contribution in [2.75, 3.05) is 10.2 Å². The van der Waals surface area contributed by atoms with Gasteiger partial charge in [-0.1, -0.05) is 6.07 Å². The van der Waals surface area contributed by atoms with Gasteiger partial charge in [-0.25, -0.2) is 0 Å². The minimum Gasteiger partial charge on any atom is -0.503 e. The normalized spacial score (nSPS) is 16.4. The van der Waals surface area contributed by atoms with Crippen molar-refractivity contribution in [2.45, 2.75) is 13.0 Å². The molecule has 0 saturated carbocycles. The van der Waals surface area contributed by atoms with Gasteiger partial charge in [0.25, 0.3) is 5.91 Å². The van der Waals surface area contributed by atoms with Gasteiger partial charge in [0.15, 0.2) is 5.76 Å². The Balaban J connectivity index is 1.77. The zero-order chi connectivity index (χ0) is 20.5. The number of anilines is 2. The van der Waals surface area contributed by atoms with Crippen LogP contribution in [0.1, 0.15) is 28.4 Å². The van der Waals surface area contributed by atoms with E-state index < -0.39 is 23.5 Å². The summed E-state index contributed by atoms with van der Waals surface area (Å²) in [6.07, 6.45) is 1.44. The average molecular weight is 408 g/mol. The number of ketones is 1. The van der Waals surface area contributed by atoms with Crippen molar-refractivity contribution in [1.29, 1.82) is 0 Å². The molecule has 0 spiro atoms. The Hall–Kier alpha value is -3.65. The van der Waals surface area contributed by atoms with Crippen LogP contribution in [0.5, 0.6) is 0 Å². The zero-order valence-electron chi connectivity index (χ0n) is 15.3. The molecule has 2 aromatic heterocycles. The molecule has 1 aliphatic heterocycles. The molecule has 1 atom stereocenters. The molecule has 1 aromatic carbocycles. The fourth-order valence-corrected chi connectivity index (χ4v) is 3.95. The predicted molar refractivity (Wildman–Crippen MR) is 108 cm³/mol. The number of carbonyl (C=O) groups is 3. The first-order valence-electron chi connectivity index (χ1n) is 8.73. The van der Waals surface area contributed by atoms with Gasteiger partial charge < -0.3 is 14.8 Å². The van der Waals surface area contributed by atoms with E-state index in [1.165, 1.54) is 29.4 Å². The van der Waals surface area contributed by atoms with Crippen LogP contribution in [-0.4, -0.2) is 22.7 Å². The Bertz CT molecular complexity index is 1100. The second-order valence-corrected chi connectivity index (χ2v) is 7.34. The van der Waals surface area contributed by atoms with E-state index in [2.05, 4.69) is 5.32 Å². The molecule has 1 aliphatic rings. The van der Waals surface area contributed by atoms with Crippen molar-refractivity contribution in [3.63, 3.8) is 0 Å². The van der Waals surface area contributed by atoms with E-state index in [1.807, 2.05) is 0 Å². The fraction of sp³-hybridized carbons (Fsp3) is 0.0952. The Morgan fingerprint density at radius 3 is 2.48 bits per heavy atom. The smallest absolute Gasteiger partial charge is 0.294 e. The number of thiophene rings is 1. The summed E-state index contributed by atoms with van der Waals surface area (Å²) < 4.78 is 5.49. The van der Waals surface area contributed by atoms with Gasteiger partial charge in [0, 0.05) is 18.3 Å². The summed E-state index contributed by atoms with van der Waals surface area (Å²) in [5.74, 6) is -1.58. The summed E-state index contributed by atoms with van der Waals surface area (Å²) in [7, 11) is 0. The number of benzene rings is 1. The molecule has 146 valence electrons. The lowest BCUT2D eigenvalue weighted by molar-refractivity contribution is -0.117. The molecule has 3 heterocycles. The third kappa shape index (κ3) is 3.34. The van der Waals surface area contributed by atoms with Crippen molar-refractivity contribution < 1.29 is 23.9 Å². The van der Waals surface area contributed by atoms with E-state index in [0.717, 1.165) is 0 Å². The van der Waals surface area contributed by atoms with Crippen molar-refractivity contribution in [2.24, 2.45) is 0 Å². The highest BCUT2D eigenvalue weighted by atomic mass is 32.1. The van der Waals surface area contributed by atoms with Crippen molar-refractivity contribution in [1.82, 2.24) is 0 Å². The lowest BCUT2D eigenvalue weighted by Crippen LogP contribution is -2.30. The van der Waals surface area contributed by atoms with Crippen molar-refractivity contribution in [3.8, 4) is 0 Å². The minimum absolute atomic E-state index is 0.0293. The van der Waals surface area contributed by atoms with Crippen LogP contribution in [0.3, 0.4) is 0 Å². The molecule has 0 saturated heterocycles. The molecule has 0 radical (unpaired) electrons. The lowest BCUT2D eigenvalue weighted by atomic mass is 10.00. The monoisotopic (exact) mass is 408 g/mol. The third-order valence-corrected chi connectivity index (χ3v) is 5.34. The van der Waals surface area contributed by atoms with Crippen molar-refractivity contribution in [3.05, 3.63) is 82.1 Å². The Morgan fingerprint density at radius 2 is 1.90 bits per heavy atom. The number of furan rings is 1. The second kappa shape index (κ2) is 7.40. The quantitative estimate of drug-likeness (QED) is 0.620. The first-order chi connectivity index (χ1) is 14.0. The number of hydrogen-bond donors (Lipinski definition) is 2. The number of nitrogens with one attached hydrogen (secondary N) is 1. The number of aliphatic hydroxyl groups excluding tert-OH is 1. The van der Waals surface area contributed by atoms with Crippen LogP contribution in [0.2, 0.25) is 0 Å². The summed E-state index contributed by atoms with van der Waals surface area (Å²) in [6.45, 7) is 1.40. The van der Waals surface area contributed by atoms with E-state index in [-0.39, 0.29) is 11.5 Å². The molecule has 0 bridgehead atoms. The summed E-state index contributed by atoms with van der Waals surface area (Å²) in [5.41, 5.74) is 0.985. The highest BCUT2D eigenvalue weighted by Crippen LogP contribution is 2.42. The summed E-state index contributed by atoms with van der Waals surface area (Å²) in [6, 6.07) is 12.3. The van der Waals surface area contributed by atoms with Crippen LogP contribution in [0.15, 0.2) is 75.9 Å². The molecule has 4 rings (SSSR count). The Labute approximate surface area is 169 Å². The zero-order valence-corrected chi connectivity index (χ0v) is 16.1. The molecule has 0 aliphatic carbocycles. The maximum Gasteiger partial charge on any atom is 0.294 e. The maximum atomic E-state index is 13.0. The first-order valence-corrected chi connectivity index (χ1v) is 9.61. The highest BCUT2D eigenvalue weighted by Gasteiger charge is 2.46. The van der Waals surface area contributed by atoms with E-state index in [1.54, 1.807) is 53.9 Å². The van der Waals surface area contributed by atoms with Crippen LogP contribution in [0.25, 0.3) is 0 Å². The number of amides is 2. The minimum atomic E-state index is -0.904. The van der Waals surface area contributed by atoms with Gasteiger partial charge in [0.1, 0.15) is 11.8 Å². The van der Waals surface area contributed by atoms with Gasteiger partial charge in [0.05, 0.1) is 16.7 Å². The number of hydrogen-bond acceptors (Lipinski definition) is 6. The molecule has 29 heavy (non-hydrogen) atoms. The van der Waals surface area contributed by atoms with E-state index in [0.29, 0.717) is 22.0 Å². The number of Topliss-reactive ketones (excluding diaryl/α,β-unsaturated/α-hetero) is 1. The number of carbonyl (C=O) groups excluding carboxylic acids is 3. The molecule has 0 fully saturated rings. The predicted octanol–water partition coefficient (Wildman–Crippen LogP) is 4.08. The van der Waals surface area contributed by atoms with Crippen LogP contribution < -0.4 is 10.2 Å². The molecule has 7 nitrogen and oxygen atoms in total. The number of aliphatic hydroxyl groups is 1. The molecule has 3 aromatic rings. The molecule has 2 N–H and O–H groups in total. The topological polar surface area (TPSA) is 99.9 Å². The summed E-state index contributed by atoms with van der Waals surface area (Å²) in [4.78, 5) is 38.9. The fourth-order valence-electron chi connectivity index (χ4n) is 3.27. The third-order valence-electron chi connectivity index (χ3n) is 4.48. The van der Waals surface area contributed by atoms with Gasteiger partial charge in [-0.05, 0) is 47.8 Å². The molecule has 2 amide bonds. The molecular formula is C21H16N2O5S.